The van der Waals surface area contributed by atoms with Gasteiger partial charge in [0.1, 0.15) is 5.82 Å². The first-order valence-corrected chi connectivity index (χ1v) is 10.4. The predicted molar refractivity (Wildman–Crippen MR) is 119 cm³/mol. The van der Waals surface area contributed by atoms with Crippen molar-refractivity contribution in [1.82, 2.24) is 9.78 Å². The SMILES string of the molecule is [C-]#[N+]c1ccc(-c2cc(C(=O)OC)nn2-c2ccc(N3CCC(CO)CC3)cc2)cc1F. The molecule has 1 aromatic heterocycles. The maximum atomic E-state index is 14.3. The number of aromatic nitrogens is 2. The number of rotatable bonds is 5. The highest BCUT2D eigenvalue weighted by Gasteiger charge is 2.20. The van der Waals surface area contributed by atoms with Crippen molar-refractivity contribution >= 4 is 17.3 Å². The molecule has 0 saturated carbocycles. The van der Waals surface area contributed by atoms with Crippen LogP contribution < -0.4 is 4.90 Å². The second-order valence-electron chi connectivity index (χ2n) is 7.73. The van der Waals surface area contributed by atoms with Gasteiger partial charge >= 0.3 is 5.97 Å². The van der Waals surface area contributed by atoms with Gasteiger partial charge in [0.15, 0.2) is 5.69 Å². The minimum Gasteiger partial charge on any atom is -0.464 e. The number of halogens is 1. The highest BCUT2D eigenvalue weighted by atomic mass is 19.1. The Labute approximate surface area is 185 Å². The van der Waals surface area contributed by atoms with Crippen LogP contribution in [0.4, 0.5) is 15.8 Å². The molecule has 1 aliphatic heterocycles. The fourth-order valence-corrected chi connectivity index (χ4v) is 3.92. The van der Waals surface area contributed by atoms with Crippen LogP contribution in [0.1, 0.15) is 23.3 Å². The quantitative estimate of drug-likeness (QED) is 0.481. The molecule has 4 rings (SSSR count). The smallest absolute Gasteiger partial charge is 0.358 e. The first kappa shape index (κ1) is 21.5. The molecule has 1 saturated heterocycles. The van der Waals surface area contributed by atoms with Gasteiger partial charge in [0.05, 0.1) is 25.1 Å². The third-order valence-electron chi connectivity index (χ3n) is 5.80. The van der Waals surface area contributed by atoms with Gasteiger partial charge in [-0.25, -0.2) is 18.7 Å². The molecule has 164 valence electrons. The summed E-state index contributed by atoms with van der Waals surface area (Å²) in [5, 5.41) is 13.7. The Kier molecular flexibility index (Phi) is 6.19. The van der Waals surface area contributed by atoms with Gasteiger partial charge in [-0.05, 0) is 55.2 Å². The largest absolute Gasteiger partial charge is 0.464 e. The van der Waals surface area contributed by atoms with Crippen molar-refractivity contribution in [3.8, 4) is 16.9 Å². The van der Waals surface area contributed by atoms with Crippen LogP contribution in [0, 0.1) is 18.3 Å². The molecule has 0 amide bonds. The summed E-state index contributed by atoms with van der Waals surface area (Å²) in [6, 6.07) is 13.6. The van der Waals surface area contributed by atoms with E-state index >= 15 is 0 Å². The Balaban J connectivity index is 1.68. The lowest BCUT2D eigenvalue weighted by Gasteiger charge is -2.33. The molecule has 1 N–H and O–H groups in total. The molecule has 0 aliphatic carbocycles. The fraction of sp³-hybridized carbons (Fsp3) is 0.292. The van der Waals surface area contributed by atoms with Crippen molar-refractivity contribution in [2.75, 3.05) is 31.7 Å². The number of aliphatic hydroxyl groups is 1. The maximum Gasteiger partial charge on any atom is 0.358 e. The van der Waals surface area contributed by atoms with Gasteiger partial charge in [-0.1, -0.05) is 12.1 Å². The van der Waals surface area contributed by atoms with Gasteiger partial charge in [-0.15, -0.1) is 0 Å². The number of hydrogen-bond donors (Lipinski definition) is 1. The van der Waals surface area contributed by atoms with Crippen LogP contribution in [0.5, 0.6) is 0 Å². The van der Waals surface area contributed by atoms with Crippen molar-refractivity contribution in [2.24, 2.45) is 5.92 Å². The average Bonchev–Trinajstić information content (AvgIpc) is 3.29. The van der Waals surface area contributed by atoms with Crippen LogP contribution in [-0.2, 0) is 4.74 Å². The van der Waals surface area contributed by atoms with E-state index in [0.29, 0.717) is 22.9 Å². The van der Waals surface area contributed by atoms with E-state index < -0.39 is 11.8 Å². The number of benzene rings is 2. The summed E-state index contributed by atoms with van der Waals surface area (Å²) in [6.45, 7) is 9.04. The third kappa shape index (κ3) is 4.20. The van der Waals surface area contributed by atoms with E-state index in [4.69, 9.17) is 11.3 Å². The molecular weight excluding hydrogens is 411 g/mol. The second kappa shape index (κ2) is 9.20. The highest BCUT2D eigenvalue weighted by Crippen LogP contribution is 2.30. The summed E-state index contributed by atoms with van der Waals surface area (Å²) in [7, 11) is 1.28. The zero-order valence-corrected chi connectivity index (χ0v) is 17.7. The van der Waals surface area contributed by atoms with E-state index in [1.54, 1.807) is 16.8 Å². The van der Waals surface area contributed by atoms with Gasteiger partial charge in [-0.2, -0.15) is 5.10 Å². The lowest BCUT2D eigenvalue weighted by Crippen LogP contribution is -2.34. The molecule has 2 aromatic carbocycles. The lowest BCUT2D eigenvalue weighted by molar-refractivity contribution is 0.0593. The number of hydrogen-bond acceptors (Lipinski definition) is 5. The zero-order valence-electron chi connectivity index (χ0n) is 17.7. The number of carbonyl (C=O) groups excluding carboxylic acids is 1. The molecular formula is C24H23FN4O3. The lowest BCUT2D eigenvalue weighted by atomic mass is 9.97. The van der Waals surface area contributed by atoms with Crippen molar-refractivity contribution in [3.63, 3.8) is 0 Å². The van der Waals surface area contributed by atoms with Gasteiger partial charge in [0.25, 0.3) is 0 Å². The van der Waals surface area contributed by atoms with Gasteiger partial charge in [0, 0.05) is 30.9 Å². The Morgan fingerprint density at radius 3 is 2.47 bits per heavy atom. The molecule has 0 spiro atoms. The molecule has 0 atom stereocenters. The predicted octanol–water partition coefficient (Wildman–Crippen LogP) is 4.22. The van der Waals surface area contributed by atoms with Crippen molar-refractivity contribution in [1.29, 1.82) is 0 Å². The number of aliphatic hydroxyl groups excluding tert-OH is 1. The molecule has 8 heteroatoms. The Morgan fingerprint density at radius 1 is 1.19 bits per heavy atom. The fourth-order valence-electron chi connectivity index (χ4n) is 3.92. The molecule has 0 unspecified atom stereocenters. The molecule has 0 radical (unpaired) electrons. The normalized spacial score (nSPS) is 14.2. The van der Waals surface area contributed by atoms with Crippen molar-refractivity contribution in [3.05, 3.63) is 71.5 Å². The maximum absolute atomic E-state index is 14.3. The number of piperidine rings is 1. The summed E-state index contributed by atoms with van der Waals surface area (Å²) in [4.78, 5) is 17.5. The third-order valence-corrected chi connectivity index (χ3v) is 5.80. The Bertz CT molecular complexity index is 1160. The Morgan fingerprint density at radius 2 is 1.88 bits per heavy atom. The van der Waals surface area contributed by atoms with Crippen molar-refractivity contribution in [2.45, 2.75) is 12.8 Å². The number of carbonyl (C=O) groups is 1. The van der Waals surface area contributed by atoms with Crippen LogP contribution in [0.15, 0.2) is 48.5 Å². The number of nitrogens with zero attached hydrogens (tertiary/aromatic N) is 4. The molecule has 32 heavy (non-hydrogen) atoms. The molecule has 3 aromatic rings. The standard InChI is InChI=1S/C24H23FN4O3/c1-26-21-8-3-17(13-20(21)25)23-14-22(24(31)32-2)27-29(23)19-6-4-18(5-7-19)28-11-9-16(15-30)10-12-28/h3-8,13-14,16,30H,9-12,15H2,2H3. The molecule has 0 bridgehead atoms. The van der Waals surface area contributed by atoms with Gasteiger partial charge in [0.2, 0.25) is 5.69 Å². The van der Waals surface area contributed by atoms with Crippen molar-refractivity contribution < 1.29 is 19.0 Å². The first-order valence-electron chi connectivity index (χ1n) is 10.4. The number of esters is 1. The van der Waals surface area contributed by atoms with E-state index in [1.807, 2.05) is 24.3 Å². The topological polar surface area (TPSA) is 72.0 Å². The van der Waals surface area contributed by atoms with Gasteiger partial charge in [-0.3, -0.25) is 0 Å². The Hall–Kier alpha value is -3.70. The zero-order chi connectivity index (χ0) is 22.7. The second-order valence-corrected chi connectivity index (χ2v) is 7.73. The average molecular weight is 434 g/mol. The van der Waals surface area contributed by atoms with Crippen LogP contribution in [-0.4, -0.2) is 47.7 Å². The minimum absolute atomic E-state index is 0.0673. The number of anilines is 1. The van der Waals surface area contributed by atoms with Crippen LogP contribution >= 0.6 is 0 Å². The number of ether oxygens (including phenoxy) is 1. The molecule has 2 heterocycles. The molecule has 7 nitrogen and oxygen atoms in total. The molecule has 1 aliphatic rings. The van der Waals surface area contributed by atoms with E-state index in [9.17, 15) is 14.3 Å². The van der Waals surface area contributed by atoms with Gasteiger partial charge < -0.3 is 14.7 Å². The summed E-state index contributed by atoms with van der Waals surface area (Å²) in [6.07, 6.45) is 1.91. The first-order chi connectivity index (χ1) is 15.5. The highest BCUT2D eigenvalue weighted by molar-refractivity contribution is 5.89. The van der Waals surface area contributed by atoms with Crippen LogP contribution in [0.3, 0.4) is 0 Å². The van der Waals surface area contributed by atoms with Crippen LogP contribution in [0.2, 0.25) is 0 Å². The monoisotopic (exact) mass is 434 g/mol. The summed E-state index contributed by atoms with van der Waals surface area (Å²) < 4.78 is 20.6. The minimum atomic E-state index is -0.633. The molecule has 1 fully saturated rings. The van der Waals surface area contributed by atoms with E-state index in [1.165, 1.54) is 19.2 Å². The van der Waals surface area contributed by atoms with E-state index in [-0.39, 0.29) is 18.0 Å². The number of methoxy groups -OCH3 is 1. The summed E-state index contributed by atoms with van der Waals surface area (Å²) >= 11 is 0. The van der Waals surface area contributed by atoms with E-state index in [0.717, 1.165) is 31.6 Å². The summed E-state index contributed by atoms with van der Waals surface area (Å²) in [5.41, 5.74) is 2.82. The summed E-state index contributed by atoms with van der Waals surface area (Å²) in [5.74, 6) is -0.860. The van der Waals surface area contributed by atoms with E-state index in [2.05, 4.69) is 14.8 Å². The van der Waals surface area contributed by atoms with Crippen LogP contribution in [0.25, 0.3) is 21.8 Å².